The number of hydrogen-bond donors (Lipinski definition) is 1. The van der Waals surface area contributed by atoms with Crippen LogP contribution in [0.3, 0.4) is 0 Å². The molecular weight excluding hydrogens is 460 g/mol. The van der Waals surface area contributed by atoms with Crippen molar-refractivity contribution in [2.75, 3.05) is 48.5 Å². The molecule has 0 saturated carbocycles. The molecule has 1 aliphatic rings. The van der Waals surface area contributed by atoms with E-state index in [0.29, 0.717) is 35.8 Å². The molecule has 0 aliphatic carbocycles. The van der Waals surface area contributed by atoms with Gasteiger partial charge in [-0.3, -0.25) is 9.59 Å². The zero-order chi connectivity index (χ0) is 25.0. The largest absolute Gasteiger partial charge is 0.872 e. The molecule has 1 amide bonds. The molecule has 1 fully saturated rings. The van der Waals surface area contributed by atoms with Crippen molar-refractivity contribution in [2.24, 2.45) is 0 Å². The van der Waals surface area contributed by atoms with E-state index in [1.54, 1.807) is 24.3 Å². The number of nitrogens with zero attached hydrogens (tertiary/aromatic N) is 1. The van der Waals surface area contributed by atoms with Crippen molar-refractivity contribution in [3.8, 4) is 17.2 Å². The van der Waals surface area contributed by atoms with Crippen LogP contribution in [0.5, 0.6) is 17.2 Å². The highest BCUT2D eigenvalue weighted by atomic mass is 35.5. The highest BCUT2D eigenvalue weighted by Gasteiger charge is 2.45. The van der Waals surface area contributed by atoms with Crippen LogP contribution in [0.1, 0.15) is 23.6 Å². The molecule has 1 saturated heterocycles. The van der Waals surface area contributed by atoms with Crippen molar-refractivity contribution >= 4 is 29.1 Å². The quantitative estimate of drug-likeness (QED) is 0.323. The Morgan fingerprint density at radius 1 is 1.03 bits per heavy atom. The van der Waals surface area contributed by atoms with E-state index in [0.717, 1.165) is 6.54 Å². The van der Waals surface area contributed by atoms with Crippen molar-refractivity contribution in [3.63, 3.8) is 0 Å². The minimum absolute atomic E-state index is 0.144. The number of carbonyl (C=O) groups excluding carboxylic acids is 2. The van der Waals surface area contributed by atoms with Crippen LogP contribution in [0, 0.1) is 0 Å². The third-order valence-electron chi connectivity index (χ3n) is 5.75. The Hall–Kier alpha value is -3.23. The van der Waals surface area contributed by atoms with Gasteiger partial charge in [-0.25, -0.2) is 0 Å². The maximum atomic E-state index is 13.6. The lowest BCUT2D eigenvalue weighted by atomic mass is 9.94. The van der Waals surface area contributed by atoms with Crippen LogP contribution in [0.4, 0.5) is 0 Å². The summed E-state index contributed by atoms with van der Waals surface area (Å²) in [5, 5.41) is 13.8. The predicted molar refractivity (Wildman–Crippen MR) is 126 cm³/mol. The molecule has 34 heavy (non-hydrogen) atoms. The van der Waals surface area contributed by atoms with E-state index < -0.39 is 23.5 Å². The van der Waals surface area contributed by atoms with E-state index in [1.807, 2.05) is 14.1 Å². The Balaban J connectivity index is 2.20. The van der Waals surface area contributed by atoms with Crippen LogP contribution >= 0.6 is 11.6 Å². The number of hydrogen-bond acceptors (Lipinski definition) is 6. The number of amides is 1. The average molecular weight is 489 g/mol. The topological polar surface area (TPSA) is 92.6 Å². The summed E-state index contributed by atoms with van der Waals surface area (Å²) in [5.74, 6) is -0.765. The van der Waals surface area contributed by atoms with Gasteiger partial charge in [0.2, 0.25) is 5.78 Å². The van der Waals surface area contributed by atoms with Gasteiger partial charge < -0.3 is 29.1 Å². The Bertz CT molecular complexity index is 1110. The van der Waals surface area contributed by atoms with Gasteiger partial charge in [-0.1, -0.05) is 23.4 Å². The van der Waals surface area contributed by atoms with Crippen molar-refractivity contribution < 1.29 is 33.8 Å². The highest BCUT2D eigenvalue weighted by Crippen LogP contribution is 2.43. The molecule has 1 heterocycles. The second kappa shape index (κ2) is 10.8. The minimum atomic E-state index is -0.921. The Kier molecular flexibility index (Phi) is 8.06. The van der Waals surface area contributed by atoms with Crippen molar-refractivity contribution in [3.05, 3.63) is 58.1 Å². The Morgan fingerprint density at radius 3 is 2.29 bits per heavy atom. The summed E-state index contributed by atoms with van der Waals surface area (Å²) in [6, 6.07) is 8.68. The fraction of sp³-hybridized carbons (Fsp3) is 0.360. The molecule has 0 bridgehead atoms. The Labute approximate surface area is 204 Å². The SMILES string of the molecule is COc1ccc(OC)c(C2/C(=C(\[O-])c3ccc(OC)c(Cl)c3)C(=O)C(=O)N2CCC[NH+](C)C)c1. The second-order valence-electron chi connectivity index (χ2n) is 8.24. The minimum Gasteiger partial charge on any atom is -0.872 e. The molecule has 8 nitrogen and oxygen atoms in total. The first-order chi connectivity index (χ1) is 16.2. The van der Waals surface area contributed by atoms with E-state index in [9.17, 15) is 14.7 Å². The van der Waals surface area contributed by atoms with Gasteiger partial charge in [0, 0.05) is 24.1 Å². The highest BCUT2D eigenvalue weighted by molar-refractivity contribution is 6.46. The number of likely N-dealkylation sites (tertiary alicyclic amines) is 1. The molecule has 1 N–H and O–H groups in total. The number of Topliss-reactive ketones (excluding diaryl/α,β-unsaturated/α-hetero) is 1. The fourth-order valence-corrected chi connectivity index (χ4v) is 4.30. The van der Waals surface area contributed by atoms with Crippen LogP contribution < -0.4 is 24.2 Å². The number of rotatable bonds is 9. The molecule has 1 atom stereocenters. The van der Waals surface area contributed by atoms with Crippen LogP contribution in [-0.4, -0.2) is 65.1 Å². The average Bonchev–Trinajstić information content (AvgIpc) is 3.07. The third kappa shape index (κ3) is 4.98. The summed E-state index contributed by atoms with van der Waals surface area (Å²) >= 11 is 6.23. The molecule has 3 rings (SSSR count). The lowest BCUT2D eigenvalue weighted by Crippen LogP contribution is -3.05. The number of methoxy groups -OCH3 is 3. The van der Waals surface area contributed by atoms with E-state index in [-0.39, 0.29) is 16.2 Å². The standard InChI is InChI=1S/C25H29ClN2O6/c1-27(2)11-6-12-28-22(17-14-16(32-3)8-10-19(17)33-4)21(24(30)25(28)31)23(29)15-7-9-20(34-5)18(26)13-15/h7-10,13-14,22,29H,6,11-12H2,1-5H3/b23-21+. The van der Waals surface area contributed by atoms with Gasteiger partial charge in [0.25, 0.3) is 5.91 Å². The molecule has 2 aromatic rings. The van der Waals surface area contributed by atoms with Crippen LogP contribution in [0.15, 0.2) is 42.0 Å². The molecule has 0 spiro atoms. The number of halogens is 1. The molecule has 1 unspecified atom stereocenters. The van der Waals surface area contributed by atoms with Crippen molar-refractivity contribution in [1.29, 1.82) is 0 Å². The molecule has 2 aromatic carbocycles. The number of carbonyl (C=O) groups is 2. The molecule has 182 valence electrons. The number of nitrogens with one attached hydrogen (secondary N) is 1. The summed E-state index contributed by atoms with van der Waals surface area (Å²) in [4.78, 5) is 29.0. The molecule has 0 radical (unpaired) electrons. The second-order valence-corrected chi connectivity index (χ2v) is 8.65. The molecule has 1 aliphatic heterocycles. The van der Waals surface area contributed by atoms with E-state index in [1.165, 1.54) is 43.3 Å². The lowest BCUT2D eigenvalue weighted by Gasteiger charge is -2.29. The van der Waals surface area contributed by atoms with Gasteiger partial charge in [-0.2, -0.15) is 0 Å². The first-order valence-electron chi connectivity index (χ1n) is 10.8. The summed E-state index contributed by atoms with van der Waals surface area (Å²) in [7, 11) is 8.49. The Morgan fingerprint density at radius 2 is 1.71 bits per heavy atom. The molecular formula is C25H29ClN2O6. The molecule has 0 aromatic heterocycles. The van der Waals surface area contributed by atoms with E-state index in [4.69, 9.17) is 25.8 Å². The lowest BCUT2D eigenvalue weighted by molar-refractivity contribution is -0.858. The fourth-order valence-electron chi connectivity index (χ4n) is 4.04. The predicted octanol–water partition coefficient (Wildman–Crippen LogP) is 1.12. The maximum Gasteiger partial charge on any atom is 0.295 e. The first kappa shape index (κ1) is 25.4. The van der Waals surface area contributed by atoms with Crippen molar-refractivity contribution in [1.82, 2.24) is 4.90 Å². The number of benzene rings is 2. The smallest absolute Gasteiger partial charge is 0.295 e. The third-order valence-corrected chi connectivity index (χ3v) is 6.05. The van der Waals surface area contributed by atoms with Crippen LogP contribution in [0.25, 0.3) is 5.76 Å². The van der Waals surface area contributed by atoms with Gasteiger partial charge in [-0.15, -0.1) is 0 Å². The number of ether oxygens (including phenoxy) is 3. The maximum absolute atomic E-state index is 13.6. The van der Waals surface area contributed by atoms with E-state index in [2.05, 4.69) is 0 Å². The van der Waals surface area contributed by atoms with Crippen LogP contribution in [-0.2, 0) is 9.59 Å². The number of ketones is 1. The summed E-state index contributed by atoms with van der Waals surface area (Å²) in [6.07, 6.45) is 0.653. The van der Waals surface area contributed by atoms with Crippen molar-refractivity contribution in [2.45, 2.75) is 12.5 Å². The zero-order valence-electron chi connectivity index (χ0n) is 19.9. The molecule has 9 heteroatoms. The monoisotopic (exact) mass is 488 g/mol. The van der Waals surface area contributed by atoms with E-state index >= 15 is 0 Å². The van der Waals surface area contributed by atoms with Gasteiger partial charge in [0.15, 0.2) is 0 Å². The van der Waals surface area contributed by atoms with Gasteiger partial charge in [0.1, 0.15) is 17.2 Å². The summed E-state index contributed by atoms with van der Waals surface area (Å²) in [6.45, 7) is 1.10. The normalized spacial score (nSPS) is 17.4. The van der Waals surface area contributed by atoms with Gasteiger partial charge in [-0.05, 0) is 35.9 Å². The van der Waals surface area contributed by atoms with Crippen LogP contribution in [0.2, 0.25) is 5.02 Å². The summed E-state index contributed by atoms with van der Waals surface area (Å²) in [5.41, 5.74) is 0.546. The zero-order valence-corrected chi connectivity index (χ0v) is 20.7. The van der Waals surface area contributed by atoms with Gasteiger partial charge in [0.05, 0.1) is 53.0 Å². The van der Waals surface area contributed by atoms with Gasteiger partial charge >= 0.3 is 0 Å². The first-order valence-corrected chi connectivity index (χ1v) is 11.2. The number of quaternary nitrogens is 1. The summed E-state index contributed by atoms with van der Waals surface area (Å²) < 4.78 is 16.1.